The SMILES string of the molecule is C/C(C(=N)C#N)=C(/N)CCOc1ccc(F)cc1C.CC. The summed E-state index contributed by atoms with van der Waals surface area (Å²) in [6.45, 7) is 7.70. The molecule has 1 aromatic rings. The molecule has 0 saturated carbocycles. The molecule has 0 bridgehead atoms. The highest BCUT2D eigenvalue weighted by Gasteiger charge is 2.05. The summed E-state index contributed by atoms with van der Waals surface area (Å²) in [5, 5.41) is 15.9. The number of hydrogen-bond acceptors (Lipinski definition) is 4. The number of nitrogens with one attached hydrogen (secondary N) is 1. The summed E-state index contributed by atoms with van der Waals surface area (Å²) in [5.74, 6) is 0.296. The smallest absolute Gasteiger partial charge is 0.136 e. The third-order valence-electron chi connectivity index (χ3n) is 2.73. The van der Waals surface area contributed by atoms with Gasteiger partial charge in [0.2, 0.25) is 0 Å². The van der Waals surface area contributed by atoms with E-state index in [1.165, 1.54) is 12.1 Å². The molecule has 0 saturated heterocycles. The van der Waals surface area contributed by atoms with E-state index in [0.29, 0.717) is 35.6 Å². The Bertz CT molecular complexity index is 559. The number of hydrogen-bond donors (Lipinski definition) is 2. The molecule has 4 nitrogen and oxygen atoms in total. The summed E-state index contributed by atoms with van der Waals surface area (Å²) < 4.78 is 18.4. The fraction of sp³-hybridized carbons (Fsp3) is 0.375. The molecule has 0 aromatic heterocycles. The number of nitrogens with zero attached hydrogens (tertiary/aromatic N) is 1. The Morgan fingerprint density at radius 1 is 1.43 bits per heavy atom. The average Bonchev–Trinajstić information content (AvgIpc) is 2.49. The van der Waals surface area contributed by atoms with E-state index in [4.69, 9.17) is 21.1 Å². The second kappa shape index (κ2) is 9.54. The molecule has 0 heterocycles. The molecule has 0 aliphatic rings. The van der Waals surface area contributed by atoms with Crippen molar-refractivity contribution in [2.75, 3.05) is 6.61 Å². The maximum Gasteiger partial charge on any atom is 0.136 e. The van der Waals surface area contributed by atoms with E-state index in [2.05, 4.69) is 0 Å². The number of benzene rings is 1. The number of halogens is 1. The Morgan fingerprint density at radius 2 is 2.05 bits per heavy atom. The molecule has 0 aliphatic carbocycles. The lowest BCUT2D eigenvalue weighted by atomic mass is 10.1. The van der Waals surface area contributed by atoms with E-state index in [0.717, 1.165) is 0 Å². The zero-order valence-electron chi connectivity index (χ0n) is 13.0. The number of allylic oxidation sites excluding steroid dienone is 1. The van der Waals surface area contributed by atoms with Gasteiger partial charge in [-0.3, -0.25) is 5.41 Å². The van der Waals surface area contributed by atoms with Crippen LogP contribution in [0.5, 0.6) is 5.75 Å². The quantitative estimate of drug-likeness (QED) is 0.811. The number of rotatable bonds is 5. The van der Waals surface area contributed by atoms with Gasteiger partial charge >= 0.3 is 0 Å². The van der Waals surface area contributed by atoms with Crippen molar-refractivity contribution in [1.29, 1.82) is 10.7 Å². The Labute approximate surface area is 125 Å². The zero-order valence-corrected chi connectivity index (χ0v) is 13.0. The van der Waals surface area contributed by atoms with E-state index in [1.54, 1.807) is 26.0 Å². The lowest BCUT2D eigenvalue weighted by molar-refractivity contribution is 0.318. The van der Waals surface area contributed by atoms with Crippen LogP contribution < -0.4 is 10.5 Å². The van der Waals surface area contributed by atoms with Crippen LogP contribution in [0.2, 0.25) is 0 Å². The molecule has 0 radical (unpaired) electrons. The van der Waals surface area contributed by atoms with E-state index in [1.807, 2.05) is 13.8 Å². The highest BCUT2D eigenvalue weighted by atomic mass is 19.1. The Morgan fingerprint density at radius 3 is 2.57 bits per heavy atom. The third kappa shape index (κ3) is 6.09. The van der Waals surface area contributed by atoms with Crippen LogP contribution in [0.4, 0.5) is 4.39 Å². The minimum Gasteiger partial charge on any atom is -0.493 e. The Balaban J connectivity index is 0.00000191. The van der Waals surface area contributed by atoms with Crippen molar-refractivity contribution in [2.24, 2.45) is 5.73 Å². The standard InChI is InChI=1S/C14H16FN3O.C2H6/c1-9-7-11(15)3-4-14(9)19-6-5-12(17)10(2)13(18)8-16;1-2/h3-4,7,18H,5-6,17H2,1-2H3;1-2H3/b12-10-,18-13?;. The van der Waals surface area contributed by atoms with Crippen LogP contribution in [0.25, 0.3) is 0 Å². The first-order valence-electron chi connectivity index (χ1n) is 6.79. The maximum atomic E-state index is 12.9. The van der Waals surface area contributed by atoms with Gasteiger partial charge in [-0.25, -0.2) is 4.39 Å². The van der Waals surface area contributed by atoms with E-state index in [9.17, 15) is 4.39 Å². The topological polar surface area (TPSA) is 82.9 Å². The molecular weight excluding hydrogens is 269 g/mol. The average molecular weight is 291 g/mol. The van der Waals surface area contributed by atoms with E-state index in [-0.39, 0.29) is 11.5 Å². The molecule has 5 heteroatoms. The predicted octanol–water partition coefficient (Wildman–Crippen LogP) is 3.71. The van der Waals surface area contributed by atoms with Crippen molar-refractivity contribution >= 4 is 5.71 Å². The van der Waals surface area contributed by atoms with E-state index < -0.39 is 0 Å². The van der Waals surface area contributed by atoms with Gasteiger partial charge in [-0.15, -0.1) is 0 Å². The summed E-state index contributed by atoms with van der Waals surface area (Å²) in [6.07, 6.45) is 0.409. The first kappa shape index (κ1) is 18.6. The van der Waals surface area contributed by atoms with Gasteiger partial charge in [-0.1, -0.05) is 13.8 Å². The fourth-order valence-corrected chi connectivity index (χ4v) is 1.48. The first-order chi connectivity index (χ1) is 9.95. The molecule has 0 fully saturated rings. The minimum atomic E-state index is -0.303. The van der Waals surface area contributed by atoms with Gasteiger partial charge in [0, 0.05) is 17.7 Å². The molecular formula is C16H22FN3O. The van der Waals surface area contributed by atoms with Crippen molar-refractivity contribution in [2.45, 2.75) is 34.1 Å². The monoisotopic (exact) mass is 291 g/mol. The molecule has 1 aromatic carbocycles. The van der Waals surface area contributed by atoms with Crippen LogP contribution in [-0.2, 0) is 0 Å². The van der Waals surface area contributed by atoms with Gasteiger partial charge in [0.05, 0.1) is 6.61 Å². The van der Waals surface area contributed by atoms with Crippen molar-refractivity contribution in [1.82, 2.24) is 0 Å². The minimum absolute atomic E-state index is 0.143. The van der Waals surface area contributed by atoms with Crippen LogP contribution in [-0.4, -0.2) is 12.3 Å². The number of nitriles is 1. The summed E-state index contributed by atoms with van der Waals surface area (Å²) >= 11 is 0. The lowest BCUT2D eigenvalue weighted by Crippen LogP contribution is -2.11. The molecule has 0 aliphatic heterocycles. The summed E-state index contributed by atoms with van der Waals surface area (Å²) in [4.78, 5) is 0. The summed E-state index contributed by atoms with van der Waals surface area (Å²) in [6, 6.07) is 6.02. The Kier molecular flexibility index (Phi) is 8.47. The van der Waals surface area contributed by atoms with Crippen molar-refractivity contribution in [3.63, 3.8) is 0 Å². The molecule has 0 atom stereocenters. The van der Waals surface area contributed by atoms with Crippen LogP contribution >= 0.6 is 0 Å². The zero-order chi connectivity index (χ0) is 16.4. The second-order valence-corrected chi connectivity index (χ2v) is 4.15. The van der Waals surface area contributed by atoms with Gasteiger partial charge in [0.15, 0.2) is 0 Å². The highest BCUT2D eigenvalue weighted by molar-refractivity contribution is 6.09. The molecule has 1 rings (SSSR count). The number of ether oxygens (including phenoxy) is 1. The van der Waals surface area contributed by atoms with Gasteiger partial charge in [-0.2, -0.15) is 5.26 Å². The van der Waals surface area contributed by atoms with Gasteiger partial charge in [0.25, 0.3) is 0 Å². The molecule has 21 heavy (non-hydrogen) atoms. The van der Waals surface area contributed by atoms with Crippen LogP contribution in [0.15, 0.2) is 29.5 Å². The molecule has 114 valence electrons. The second-order valence-electron chi connectivity index (χ2n) is 4.15. The van der Waals surface area contributed by atoms with Crippen molar-refractivity contribution < 1.29 is 9.13 Å². The van der Waals surface area contributed by atoms with Gasteiger partial charge in [-0.05, 0) is 37.6 Å². The number of nitrogens with two attached hydrogens (primary N) is 1. The molecule has 0 spiro atoms. The lowest BCUT2D eigenvalue weighted by Gasteiger charge is -2.10. The summed E-state index contributed by atoms with van der Waals surface area (Å²) in [5.41, 5.74) is 7.25. The third-order valence-corrected chi connectivity index (χ3v) is 2.73. The predicted molar refractivity (Wildman–Crippen MR) is 82.8 cm³/mol. The van der Waals surface area contributed by atoms with Crippen molar-refractivity contribution in [3.8, 4) is 11.8 Å². The van der Waals surface area contributed by atoms with Crippen LogP contribution in [0, 0.1) is 29.5 Å². The molecule has 0 unspecified atom stereocenters. The largest absolute Gasteiger partial charge is 0.493 e. The summed E-state index contributed by atoms with van der Waals surface area (Å²) in [7, 11) is 0. The van der Waals surface area contributed by atoms with E-state index >= 15 is 0 Å². The maximum absolute atomic E-state index is 12.9. The number of aryl methyl sites for hydroxylation is 1. The molecule has 3 N–H and O–H groups in total. The normalized spacial score (nSPS) is 10.7. The first-order valence-corrected chi connectivity index (χ1v) is 6.79. The van der Waals surface area contributed by atoms with Crippen LogP contribution in [0.1, 0.15) is 32.8 Å². The van der Waals surface area contributed by atoms with Gasteiger partial charge in [0.1, 0.15) is 23.3 Å². The highest BCUT2D eigenvalue weighted by Crippen LogP contribution is 2.18. The fourth-order valence-electron chi connectivity index (χ4n) is 1.48. The van der Waals surface area contributed by atoms with Gasteiger partial charge < -0.3 is 10.5 Å². The molecule has 0 amide bonds. The van der Waals surface area contributed by atoms with Crippen LogP contribution in [0.3, 0.4) is 0 Å². The Hall–Kier alpha value is -2.35. The van der Waals surface area contributed by atoms with Crippen molar-refractivity contribution in [3.05, 3.63) is 40.8 Å².